The predicted octanol–water partition coefficient (Wildman–Crippen LogP) is 1.04. The van der Waals surface area contributed by atoms with E-state index in [2.05, 4.69) is 9.88 Å². The van der Waals surface area contributed by atoms with Gasteiger partial charge in [0.1, 0.15) is 5.52 Å². The Morgan fingerprint density at radius 1 is 1.21 bits per heavy atom. The smallest absolute Gasteiger partial charge is 0.225 e. The molecular formula is C17H23N5O2. The number of aromatic nitrogens is 3. The van der Waals surface area contributed by atoms with Crippen LogP contribution >= 0.6 is 0 Å². The lowest BCUT2D eigenvalue weighted by molar-refractivity contribution is -0.140. The Kier molecular flexibility index (Phi) is 4.10. The van der Waals surface area contributed by atoms with Gasteiger partial charge < -0.3 is 14.5 Å². The summed E-state index contributed by atoms with van der Waals surface area (Å²) in [5.41, 5.74) is 1.82. The third-order valence-electron chi connectivity index (χ3n) is 5.05. The molecule has 0 N–H and O–H groups in total. The molecule has 0 spiro atoms. The topological polar surface area (TPSA) is 63.5 Å². The third-order valence-corrected chi connectivity index (χ3v) is 5.05. The Hall–Kier alpha value is -2.15. The van der Waals surface area contributed by atoms with Gasteiger partial charge in [0, 0.05) is 45.3 Å². The van der Waals surface area contributed by atoms with Crippen LogP contribution in [0.4, 0.5) is 5.95 Å². The molecule has 7 heteroatoms. The summed E-state index contributed by atoms with van der Waals surface area (Å²) in [7, 11) is 2.00. The first-order chi connectivity index (χ1) is 11.7. The lowest BCUT2D eigenvalue weighted by atomic mass is 9.95. The number of imidazole rings is 1. The lowest BCUT2D eigenvalue weighted by Crippen LogP contribution is -2.47. The van der Waals surface area contributed by atoms with Crippen molar-refractivity contribution in [3.8, 4) is 0 Å². The molecule has 2 aliphatic heterocycles. The number of amides is 1. The van der Waals surface area contributed by atoms with E-state index in [-0.39, 0.29) is 5.92 Å². The van der Waals surface area contributed by atoms with Crippen molar-refractivity contribution in [2.45, 2.75) is 12.8 Å². The molecule has 2 fully saturated rings. The predicted molar refractivity (Wildman–Crippen MR) is 90.8 cm³/mol. The molecule has 0 unspecified atom stereocenters. The van der Waals surface area contributed by atoms with E-state index in [1.54, 1.807) is 6.20 Å². The van der Waals surface area contributed by atoms with Crippen LogP contribution in [0.2, 0.25) is 0 Å². The Labute approximate surface area is 141 Å². The summed E-state index contributed by atoms with van der Waals surface area (Å²) in [5.74, 6) is 1.37. The number of carbonyl (C=O) groups is 1. The average molecular weight is 329 g/mol. The summed E-state index contributed by atoms with van der Waals surface area (Å²) in [6, 6.07) is 3.90. The Bertz CT molecular complexity index is 730. The van der Waals surface area contributed by atoms with E-state index in [0.29, 0.717) is 19.1 Å². The van der Waals surface area contributed by atoms with Gasteiger partial charge in [0.15, 0.2) is 5.65 Å². The van der Waals surface area contributed by atoms with Crippen molar-refractivity contribution in [3.05, 3.63) is 18.3 Å². The first-order valence-electron chi connectivity index (χ1n) is 8.63. The summed E-state index contributed by atoms with van der Waals surface area (Å²) >= 11 is 0. The van der Waals surface area contributed by atoms with Gasteiger partial charge in [0.05, 0.1) is 13.2 Å². The maximum absolute atomic E-state index is 12.6. The van der Waals surface area contributed by atoms with Crippen LogP contribution in [0.25, 0.3) is 11.2 Å². The largest absolute Gasteiger partial charge is 0.378 e. The lowest BCUT2D eigenvalue weighted by Gasteiger charge is -2.35. The van der Waals surface area contributed by atoms with E-state index in [9.17, 15) is 4.79 Å². The quantitative estimate of drug-likeness (QED) is 0.824. The third kappa shape index (κ3) is 2.73. The van der Waals surface area contributed by atoms with Crippen LogP contribution in [0.3, 0.4) is 0 Å². The van der Waals surface area contributed by atoms with E-state index in [1.807, 2.05) is 28.6 Å². The molecule has 24 heavy (non-hydrogen) atoms. The number of nitrogens with zero attached hydrogens (tertiary/aromatic N) is 5. The number of morpholine rings is 1. The van der Waals surface area contributed by atoms with Crippen LogP contribution < -0.4 is 4.90 Å². The molecule has 1 amide bonds. The van der Waals surface area contributed by atoms with Gasteiger partial charge in [-0.15, -0.1) is 0 Å². The average Bonchev–Trinajstić information content (AvgIpc) is 2.99. The van der Waals surface area contributed by atoms with Gasteiger partial charge in [-0.3, -0.25) is 9.36 Å². The highest BCUT2D eigenvalue weighted by Crippen LogP contribution is 2.26. The van der Waals surface area contributed by atoms with Crippen molar-refractivity contribution >= 4 is 23.0 Å². The SMILES string of the molecule is Cn1c(N2CCC(C(=O)N3CCOCC3)CC2)nc2cccnc21. The molecule has 2 aliphatic rings. The normalized spacial score (nSPS) is 19.9. The minimum Gasteiger partial charge on any atom is -0.378 e. The summed E-state index contributed by atoms with van der Waals surface area (Å²) in [5, 5.41) is 0. The van der Waals surface area contributed by atoms with Crippen LogP contribution in [0, 0.1) is 5.92 Å². The zero-order chi connectivity index (χ0) is 16.5. The standard InChI is InChI=1S/C17H23N5O2/c1-20-15-14(3-2-6-18-15)19-17(20)22-7-4-13(5-8-22)16(23)21-9-11-24-12-10-21/h2-3,6,13H,4-5,7-12H2,1H3. The summed E-state index contributed by atoms with van der Waals surface area (Å²) in [6.45, 7) is 4.51. The fourth-order valence-corrected chi connectivity index (χ4v) is 3.66. The first-order valence-corrected chi connectivity index (χ1v) is 8.63. The van der Waals surface area contributed by atoms with E-state index >= 15 is 0 Å². The van der Waals surface area contributed by atoms with Crippen LogP contribution in [0.1, 0.15) is 12.8 Å². The van der Waals surface area contributed by atoms with Crippen LogP contribution in [0.15, 0.2) is 18.3 Å². The zero-order valence-electron chi connectivity index (χ0n) is 14.0. The number of piperidine rings is 1. The van der Waals surface area contributed by atoms with Crippen molar-refractivity contribution in [2.75, 3.05) is 44.3 Å². The number of aryl methyl sites for hydroxylation is 1. The van der Waals surface area contributed by atoms with Crippen molar-refractivity contribution in [2.24, 2.45) is 13.0 Å². The second-order valence-corrected chi connectivity index (χ2v) is 6.52. The van der Waals surface area contributed by atoms with Crippen LogP contribution in [-0.4, -0.2) is 64.7 Å². The highest BCUT2D eigenvalue weighted by atomic mass is 16.5. The van der Waals surface area contributed by atoms with Gasteiger partial charge in [0.2, 0.25) is 11.9 Å². The maximum Gasteiger partial charge on any atom is 0.225 e. The first kappa shape index (κ1) is 15.4. The number of rotatable bonds is 2. The van der Waals surface area contributed by atoms with Gasteiger partial charge in [-0.05, 0) is 25.0 Å². The molecule has 0 saturated carbocycles. The molecule has 128 valence electrons. The number of fused-ring (bicyclic) bond motifs is 1. The number of anilines is 1. The molecular weight excluding hydrogens is 306 g/mol. The molecule has 2 saturated heterocycles. The van der Waals surface area contributed by atoms with Gasteiger partial charge in [-0.2, -0.15) is 0 Å². The minimum atomic E-state index is 0.132. The molecule has 2 aromatic rings. The van der Waals surface area contributed by atoms with Gasteiger partial charge in [-0.1, -0.05) is 0 Å². The van der Waals surface area contributed by atoms with Crippen molar-refractivity contribution < 1.29 is 9.53 Å². The highest BCUT2D eigenvalue weighted by Gasteiger charge is 2.30. The van der Waals surface area contributed by atoms with Crippen molar-refractivity contribution in [1.29, 1.82) is 0 Å². The Morgan fingerprint density at radius 3 is 2.67 bits per heavy atom. The van der Waals surface area contributed by atoms with E-state index < -0.39 is 0 Å². The second kappa shape index (κ2) is 6.39. The zero-order valence-corrected chi connectivity index (χ0v) is 14.0. The molecule has 7 nitrogen and oxygen atoms in total. The van der Waals surface area contributed by atoms with Gasteiger partial charge >= 0.3 is 0 Å². The Balaban J connectivity index is 1.43. The monoisotopic (exact) mass is 329 g/mol. The fraction of sp³-hybridized carbons (Fsp3) is 0.588. The molecule has 0 aromatic carbocycles. The van der Waals surface area contributed by atoms with Crippen LogP contribution in [0.5, 0.6) is 0 Å². The molecule has 0 bridgehead atoms. The van der Waals surface area contributed by atoms with E-state index in [0.717, 1.165) is 56.1 Å². The molecule has 2 aromatic heterocycles. The van der Waals surface area contributed by atoms with E-state index in [4.69, 9.17) is 9.72 Å². The maximum atomic E-state index is 12.6. The number of ether oxygens (including phenoxy) is 1. The molecule has 0 radical (unpaired) electrons. The number of hydrogen-bond acceptors (Lipinski definition) is 5. The van der Waals surface area contributed by atoms with Crippen molar-refractivity contribution in [1.82, 2.24) is 19.4 Å². The fourth-order valence-electron chi connectivity index (χ4n) is 3.66. The van der Waals surface area contributed by atoms with E-state index in [1.165, 1.54) is 0 Å². The molecule has 4 heterocycles. The number of carbonyl (C=O) groups excluding carboxylic acids is 1. The number of hydrogen-bond donors (Lipinski definition) is 0. The van der Waals surface area contributed by atoms with Gasteiger partial charge in [0.25, 0.3) is 0 Å². The molecule has 4 rings (SSSR count). The molecule has 0 aliphatic carbocycles. The summed E-state index contributed by atoms with van der Waals surface area (Å²) in [4.78, 5) is 26.0. The van der Waals surface area contributed by atoms with Crippen LogP contribution in [-0.2, 0) is 16.6 Å². The minimum absolute atomic E-state index is 0.132. The highest BCUT2D eigenvalue weighted by molar-refractivity contribution is 5.79. The molecule has 0 atom stereocenters. The Morgan fingerprint density at radius 2 is 1.96 bits per heavy atom. The van der Waals surface area contributed by atoms with Crippen molar-refractivity contribution in [3.63, 3.8) is 0 Å². The summed E-state index contributed by atoms with van der Waals surface area (Å²) < 4.78 is 7.38. The van der Waals surface area contributed by atoms with Gasteiger partial charge in [-0.25, -0.2) is 9.97 Å². The summed E-state index contributed by atoms with van der Waals surface area (Å²) in [6.07, 6.45) is 3.56. The number of pyridine rings is 1. The second-order valence-electron chi connectivity index (χ2n) is 6.52.